The average molecular weight is 241 g/mol. The van der Waals surface area contributed by atoms with E-state index in [-0.39, 0.29) is 0 Å². The summed E-state index contributed by atoms with van der Waals surface area (Å²) in [6.45, 7) is 3.37. The molecule has 94 valence electrons. The molecule has 1 aromatic carbocycles. The van der Waals surface area contributed by atoms with E-state index in [1.54, 1.807) is 0 Å². The molecule has 2 aromatic rings. The number of nitrogens with one attached hydrogen (secondary N) is 1. The molecule has 18 heavy (non-hydrogen) atoms. The summed E-state index contributed by atoms with van der Waals surface area (Å²) in [6, 6.07) is 10.4. The normalized spacial score (nSPS) is 19.9. The fourth-order valence-corrected chi connectivity index (χ4v) is 2.66. The highest BCUT2D eigenvalue weighted by Crippen LogP contribution is 2.20. The van der Waals surface area contributed by atoms with Crippen LogP contribution < -0.4 is 5.32 Å². The lowest BCUT2D eigenvalue weighted by molar-refractivity contribution is 0.338. The van der Waals surface area contributed by atoms with E-state index < -0.39 is 0 Å². The monoisotopic (exact) mass is 241 g/mol. The van der Waals surface area contributed by atoms with Crippen LogP contribution in [0.4, 0.5) is 0 Å². The first-order valence-corrected chi connectivity index (χ1v) is 6.71. The minimum Gasteiger partial charge on any atom is -0.331 e. The van der Waals surface area contributed by atoms with Gasteiger partial charge in [0, 0.05) is 24.5 Å². The topological polar surface area (TPSA) is 29.9 Å². The van der Waals surface area contributed by atoms with Crippen molar-refractivity contribution in [3.8, 4) is 11.4 Å². The Morgan fingerprint density at radius 3 is 2.94 bits per heavy atom. The van der Waals surface area contributed by atoms with E-state index in [9.17, 15) is 0 Å². The van der Waals surface area contributed by atoms with Crippen LogP contribution >= 0.6 is 0 Å². The van der Waals surface area contributed by atoms with Gasteiger partial charge in [0.2, 0.25) is 0 Å². The second kappa shape index (κ2) is 5.36. The van der Waals surface area contributed by atoms with Gasteiger partial charge in [0.05, 0.1) is 0 Å². The highest BCUT2D eigenvalue weighted by molar-refractivity contribution is 5.55. The minimum absolute atomic E-state index is 0.732. The van der Waals surface area contributed by atoms with Gasteiger partial charge in [-0.05, 0) is 31.8 Å². The van der Waals surface area contributed by atoms with Crippen LogP contribution in [-0.2, 0) is 6.54 Å². The van der Waals surface area contributed by atoms with Crippen LogP contribution in [0.15, 0.2) is 42.7 Å². The molecule has 0 aliphatic carbocycles. The van der Waals surface area contributed by atoms with Crippen molar-refractivity contribution in [3.63, 3.8) is 0 Å². The molecule has 0 spiro atoms. The largest absolute Gasteiger partial charge is 0.331 e. The van der Waals surface area contributed by atoms with Gasteiger partial charge in [0.1, 0.15) is 5.82 Å². The molecule has 1 atom stereocenters. The number of imidazole rings is 1. The van der Waals surface area contributed by atoms with Crippen LogP contribution in [-0.4, -0.2) is 22.6 Å². The van der Waals surface area contributed by atoms with Crippen molar-refractivity contribution in [1.29, 1.82) is 0 Å². The lowest BCUT2D eigenvalue weighted by atomic mass is 9.99. The predicted octanol–water partition coefficient (Wildman–Crippen LogP) is 2.55. The molecule has 1 aromatic heterocycles. The molecule has 1 N–H and O–H groups in total. The number of aromatic nitrogens is 2. The molecule has 1 saturated heterocycles. The SMILES string of the molecule is c1ccc(-c2nccn2CC2CCCNC2)cc1. The number of hydrogen-bond acceptors (Lipinski definition) is 2. The van der Waals surface area contributed by atoms with E-state index in [1.165, 1.54) is 24.9 Å². The molecule has 2 heterocycles. The summed E-state index contributed by atoms with van der Waals surface area (Å²) in [5, 5.41) is 3.47. The Balaban J connectivity index is 1.79. The van der Waals surface area contributed by atoms with Crippen LogP contribution in [0, 0.1) is 5.92 Å². The molecule has 0 amide bonds. The molecular weight excluding hydrogens is 222 g/mol. The van der Waals surface area contributed by atoms with Crippen molar-refractivity contribution in [2.75, 3.05) is 13.1 Å². The molecule has 1 fully saturated rings. The summed E-state index contributed by atoms with van der Waals surface area (Å²) in [6.07, 6.45) is 6.61. The quantitative estimate of drug-likeness (QED) is 0.895. The van der Waals surface area contributed by atoms with Gasteiger partial charge in [0.15, 0.2) is 0 Å². The van der Waals surface area contributed by atoms with E-state index in [4.69, 9.17) is 0 Å². The molecule has 0 saturated carbocycles. The third kappa shape index (κ3) is 2.46. The molecule has 3 nitrogen and oxygen atoms in total. The zero-order valence-corrected chi connectivity index (χ0v) is 10.5. The van der Waals surface area contributed by atoms with Gasteiger partial charge >= 0.3 is 0 Å². The fourth-order valence-electron chi connectivity index (χ4n) is 2.66. The lowest BCUT2D eigenvalue weighted by Crippen LogP contribution is -2.32. The molecule has 3 heteroatoms. The van der Waals surface area contributed by atoms with E-state index in [0.29, 0.717) is 0 Å². The first kappa shape index (κ1) is 11.5. The number of hydrogen-bond donors (Lipinski definition) is 1. The number of benzene rings is 1. The van der Waals surface area contributed by atoms with Crippen molar-refractivity contribution in [1.82, 2.24) is 14.9 Å². The Bertz CT molecular complexity index is 483. The maximum Gasteiger partial charge on any atom is 0.139 e. The molecule has 1 aliphatic rings. The van der Waals surface area contributed by atoms with Gasteiger partial charge in [-0.1, -0.05) is 30.3 Å². The number of rotatable bonds is 3. The van der Waals surface area contributed by atoms with Crippen molar-refractivity contribution >= 4 is 0 Å². The summed E-state index contributed by atoms with van der Waals surface area (Å²) in [5.41, 5.74) is 1.20. The second-order valence-corrected chi connectivity index (χ2v) is 4.98. The highest BCUT2D eigenvalue weighted by Gasteiger charge is 2.15. The fraction of sp³-hybridized carbons (Fsp3) is 0.400. The summed E-state index contributed by atoms with van der Waals surface area (Å²) < 4.78 is 2.28. The maximum atomic E-state index is 4.49. The first-order chi connectivity index (χ1) is 8.93. The average Bonchev–Trinajstić information content (AvgIpc) is 2.89. The van der Waals surface area contributed by atoms with E-state index in [2.05, 4.69) is 45.3 Å². The molecular formula is C15H19N3. The molecule has 0 bridgehead atoms. The summed E-state index contributed by atoms with van der Waals surface area (Å²) in [4.78, 5) is 4.49. The minimum atomic E-state index is 0.732. The predicted molar refractivity (Wildman–Crippen MR) is 73.3 cm³/mol. The molecule has 1 aliphatic heterocycles. The van der Waals surface area contributed by atoms with Crippen LogP contribution in [0.25, 0.3) is 11.4 Å². The number of nitrogens with zero attached hydrogens (tertiary/aromatic N) is 2. The van der Waals surface area contributed by atoms with Gasteiger partial charge in [-0.15, -0.1) is 0 Å². The molecule has 0 radical (unpaired) electrons. The third-order valence-electron chi connectivity index (χ3n) is 3.60. The Labute approximate surface area is 108 Å². The zero-order valence-electron chi connectivity index (χ0n) is 10.5. The maximum absolute atomic E-state index is 4.49. The summed E-state index contributed by atoms with van der Waals surface area (Å²) >= 11 is 0. The standard InChI is InChI=1S/C15H19N3/c1-2-6-14(7-3-1)15-17-9-10-18(15)12-13-5-4-8-16-11-13/h1-3,6-7,9-10,13,16H,4-5,8,11-12H2. The molecule has 1 unspecified atom stereocenters. The van der Waals surface area contributed by atoms with Crippen molar-refractivity contribution < 1.29 is 0 Å². The molecule has 3 rings (SSSR count). The Morgan fingerprint density at radius 1 is 1.28 bits per heavy atom. The lowest BCUT2D eigenvalue weighted by Gasteiger charge is -2.23. The van der Waals surface area contributed by atoms with Gasteiger partial charge in [-0.3, -0.25) is 0 Å². The Kier molecular flexibility index (Phi) is 3.42. The van der Waals surface area contributed by atoms with Crippen LogP contribution in [0.1, 0.15) is 12.8 Å². The van der Waals surface area contributed by atoms with Crippen LogP contribution in [0.2, 0.25) is 0 Å². The third-order valence-corrected chi connectivity index (χ3v) is 3.60. The Hall–Kier alpha value is -1.61. The van der Waals surface area contributed by atoms with Crippen LogP contribution in [0.5, 0.6) is 0 Å². The second-order valence-electron chi connectivity index (χ2n) is 4.98. The van der Waals surface area contributed by atoms with Crippen molar-refractivity contribution in [2.24, 2.45) is 5.92 Å². The smallest absolute Gasteiger partial charge is 0.139 e. The van der Waals surface area contributed by atoms with Gasteiger partial charge in [0.25, 0.3) is 0 Å². The van der Waals surface area contributed by atoms with Crippen molar-refractivity contribution in [2.45, 2.75) is 19.4 Å². The van der Waals surface area contributed by atoms with Crippen LogP contribution in [0.3, 0.4) is 0 Å². The zero-order chi connectivity index (χ0) is 12.2. The van der Waals surface area contributed by atoms with E-state index in [1.807, 2.05) is 12.3 Å². The van der Waals surface area contributed by atoms with Gasteiger partial charge < -0.3 is 9.88 Å². The number of piperidine rings is 1. The van der Waals surface area contributed by atoms with Gasteiger partial charge in [-0.25, -0.2) is 4.98 Å². The highest BCUT2D eigenvalue weighted by atomic mass is 15.1. The summed E-state index contributed by atoms with van der Waals surface area (Å²) in [7, 11) is 0. The summed E-state index contributed by atoms with van der Waals surface area (Å²) in [5.74, 6) is 1.82. The first-order valence-electron chi connectivity index (χ1n) is 6.71. The van der Waals surface area contributed by atoms with E-state index in [0.717, 1.165) is 24.8 Å². The van der Waals surface area contributed by atoms with Gasteiger partial charge in [-0.2, -0.15) is 0 Å². The Morgan fingerprint density at radius 2 is 2.17 bits per heavy atom. The van der Waals surface area contributed by atoms with E-state index >= 15 is 0 Å². The van der Waals surface area contributed by atoms with Crippen molar-refractivity contribution in [3.05, 3.63) is 42.7 Å².